The van der Waals surface area contributed by atoms with Gasteiger partial charge in [0.2, 0.25) is 5.91 Å². The van der Waals surface area contributed by atoms with Crippen LogP contribution in [-0.4, -0.2) is 46.5 Å². The van der Waals surface area contributed by atoms with Gasteiger partial charge in [0.25, 0.3) is 11.6 Å². The van der Waals surface area contributed by atoms with E-state index in [0.29, 0.717) is 41.4 Å². The molecule has 1 fully saturated rings. The lowest BCUT2D eigenvalue weighted by molar-refractivity contribution is -0.121. The highest BCUT2D eigenvalue weighted by Crippen LogP contribution is 2.40. The van der Waals surface area contributed by atoms with Crippen molar-refractivity contribution >= 4 is 22.9 Å². The predicted molar refractivity (Wildman–Crippen MR) is 98.0 cm³/mol. The van der Waals surface area contributed by atoms with Crippen LogP contribution in [0.1, 0.15) is 67.2 Å². The second kappa shape index (κ2) is 7.85. The molecule has 0 bridgehead atoms. The van der Waals surface area contributed by atoms with Gasteiger partial charge in [0.15, 0.2) is 0 Å². The third-order valence-corrected chi connectivity index (χ3v) is 4.55. The molecule has 3 rings (SSSR count). The number of aryl methyl sites for hydroxylation is 1. The van der Waals surface area contributed by atoms with Gasteiger partial charge in [0, 0.05) is 24.7 Å². The van der Waals surface area contributed by atoms with Crippen molar-refractivity contribution < 1.29 is 14.1 Å². The molecule has 1 aliphatic rings. The second-order valence-corrected chi connectivity index (χ2v) is 6.89. The first-order chi connectivity index (χ1) is 12.5. The fraction of sp³-hybridized carbons (Fsp3) is 0.579. The SMILES string of the molecule is CCCNC(=O)CN(CCC)C(=O)c1cc(C2CC2)nc2onc(C)c12. The minimum Gasteiger partial charge on any atom is -0.355 e. The van der Waals surface area contributed by atoms with E-state index < -0.39 is 0 Å². The van der Waals surface area contributed by atoms with E-state index in [1.807, 2.05) is 19.9 Å². The molecule has 7 heteroatoms. The van der Waals surface area contributed by atoms with Crippen LogP contribution in [0.4, 0.5) is 0 Å². The molecule has 2 aromatic rings. The van der Waals surface area contributed by atoms with Crippen molar-refractivity contribution in [1.82, 2.24) is 20.4 Å². The molecule has 0 aromatic carbocycles. The van der Waals surface area contributed by atoms with Crippen LogP contribution < -0.4 is 5.32 Å². The van der Waals surface area contributed by atoms with Gasteiger partial charge < -0.3 is 14.7 Å². The van der Waals surface area contributed by atoms with Crippen molar-refractivity contribution in [1.29, 1.82) is 0 Å². The average Bonchev–Trinajstić information content (AvgIpc) is 3.42. The molecule has 2 aromatic heterocycles. The Morgan fingerprint density at radius 1 is 1.31 bits per heavy atom. The summed E-state index contributed by atoms with van der Waals surface area (Å²) in [7, 11) is 0. The topological polar surface area (TPSA) is 88.3 Å². The molecule has 140 valence electrons. The van der Waals surface area contributed by atoms with Crippen LogP contribution in [-0.2, 0) is 4.79 Å². The first-order valence-corrected chi connectivity index (χ1v) is 9.38. The lowest BCUT2D eigenvalue weighted by atomic mass is 10.1. The average molecular weight is 358 g/mol. The molecule has 0 aliphatic heterocycles. The van der Waals surface area contributed by atoms with E-state index in [9.17, 15) is 9.59 Å². The Morgan fingerprint density at radius 3 is 2.73 bits per heavy atom. The van der Waals surface area contributed by atoms with E-state index in [4.69, 9.17) is 4.52 Å². The molecule has 0 atom stereocenters. The normalized spacial score (nSPS) is 13.8. The van der Waals surface area contributed by atoms with Crippen molar-refractivity contribution in [3.8, 4) is 0 Å². The molecule has 0 saturated heterocycles. The van der Waals surface area contributed by atoms with Crippen LogP contribution in [0.15, 0.2) is 10.6 Å². The molecular formula is C19H26N4O3. The Bertz CT molecular complexity index is 810. The lowest BCUT2D eigenvalue weighted by Gasteiger charge is -2.22. The Balaban J connectivity index is 1.92. The van der Waals surface area contributed by atoms with Gasteiger partial charge in [-0.3, -0.25) is 9.59 Å². The highest BCUT2D eigenvalue weighted by Gasteiger charge is 2.30. The van der Waals surface area contributed by atoms with Crippen LogP contribution in [0.5, 0.6) is 0 Å². The molecule has 2 amide bonds. The van der Waals surface area contributed by atoms with Gasteiger partial charge in [-0.2, -0.15) is 0 Å². The summed E-state index contributed by atoms with van der Waals surface area (Å²) < 4.78 is 5.32. The summed E-state index contributed by atoms with van der Waals surface area (Å²) in [5, 5.41) is 7.46. The van der Waals surface area contributed by atoms with Gasteiger partial charge in [0.1, 0.15) is 0 Å². The fourth-order valence-corrected chi connectivity index (χ4v) is 3.06. The third kappa shape index (κ3) is 3.86. The Morgan fingerprint density at radius 2 is 2.08 bits per heavy atom. The monoisotopic (exact) mass is 358 g/mol. The molecule has 7 nitrogen and oxygen atoms in total. The summed E-state index contributed by atoms with van der Waals surface area (Å²) >= 11 is 0. The predicted octanol–water partition coefficient (Wildman–Crippen LogP) is 2.79. The molecule has 0 spiro atoms. The molecule has 1 saturated carbocycles. The highest BCUT2D eigenvalue weighted by atomic mass is 16.5. The number of hydrogen-bond acceptors (Lipinski definition) is 5. The quantitative estimate of drug-likeness (QED) is 0.784. The maximum absolute atomic E-state index is 13.3. The number of carbonyl (C=O) groups is 2. The Hall–Kier alpha value is -2.44. The lowest BCUT2D eigenvalue weighted by Crippen LogP contribution is -2.41. The third-order valence-electron chi connectivity index (χ3n) is 4.55. The molecule has 1 aliphatic carbocycles. The van der Waals surface area contributed by atoms with E-state index in [-0.39, 0.29) is 18.4 Å². The standard InChI is InChI=1S/C19H26N4O3/c1-4-8-20-16(24)11-23(9-5-2)19(25)14-10-15(13-6-7-13)21-18-17(14)12(3)22-26-18/h10,13H,4-9,11H2,1-3H3,(H,20,24). The Labute approximate surface area is 153 Å². The van der Waals surface area contributed by atoms with E-state index in [1.54, 1.807) is 11.8 Å². The van der Waals surface area contributed by atoms with Gasteiger partial charge in [-0.15, -0.1) is 0 Å². The summed E-state index contributed by atoms with van der Waals surface area (Å²) in [4.78, 5) is 31.5. The number of rotatable bonds is 8. The minimum absolute atomic E-state index is 0.0551. The van der Waals surface area contributed by atoms with Crippen LogP contribution in [0, 0.1) is 6.92 Å². The maximum Gasteiger partial charge on any atom is 0.259 e. The fourth-order valence-electron chi connectivity index (χ4n) is 3.06. The van der Waals surface area contributed by atoms with E-state index in [2.05, 4.69) is 15.5 Å². The van der Waals surface area contributed by atoms with Crippen molar-refractivity contribution in [2.45, 2.75) is 52.4 Å². The van der Waals surface area contributed by atoms with Crippen molar-refractivity contribution in [2.24, 2.45) is 0 Å². The number of nitrogens with one attached hydrogen (secondary N) is 1. The van der Waals surface area contributed by atoms with E-state index >= 15 is 0 Å². The largest absolute Gasteiger partial charge is 0.355 e. The number of carbonyl (C=O) groups excluding carboxylic acids is 2. The summed E-state index contributed by atoms with van der Waals surface area (Å²) in [6.07, 6.45) is 3.80. The van der Waals surface area contributed by atoms with Crippen molar-refractivity contribution in [3.05, 3.63) is 23.0 Å². The number of pyridine rings is 1. The highest BCUT2D eigenvalue weighted by molar-refractivity contribution is 6.07. The molecule has 0 radical (unpaired) electrons. The maximum atomic E-state index is 13.3. The molecule has 1 N–H and O–H groups in total. The zero-order chi connectivity index (χ0) is 18.7. The van der Waals surface area contributed by atoms with E-state index in [1.165, 1.54) is 0 Å². The zero-order valence-electron chi connectivity index (χ0n) is 15.7. The van der Waals surface area contributed by atoms with Crippen LogP contribution in [0.25, 0.3) is 11.1 Å². The van der Waals surface area contributed by atoms with Crippen molar-refractivity contribution in [2.75, 3.05) is 19.6 Å². The van der Waals surface area contributed by atoms with Gasteiger partial charge in [-0.1, -0.05) is 19.0 Å². The summed E-state index contributed by atoms with van der Waals surface area (Å²) in [5.41, 5.74) is 2.46. The number of nitrogens with zero attached hydrogens (tertiary/aromatic N) is 3. The number of amides is 2. The summed E-state index contributed by atoms with van der Waals surface area (Å²) in [6, 6.07) is 1.86. The minimum atomic E-state index is -0.168. The van der Waals surface area contributed by atoms with Crippen LogP contribution in [0.3, 0.4) is 0 Å². The molecule has 26 heavy (non-hydrogen) atoms. The van der Waals surface area contributed by atoms with Crippen LogP contribution in [0.2, 0.25) is 0 Å². The summed E-state index contributed by atoms with van der Waals surface area (Å²) in [5.74, 6) is 0.0892. The zero-order valence-corrected chi connectivity index (χ0v) is 15.7. The second-order valence-electron chi connectivity index (χ2n) is 6.89. The number of hydrogen-bond donors (Lipinski definition) is 1. The van der Waals surface area contributed by atoms with E-state index in [0.717, 1.165) is 31.4 Å². The molecule has 0 unspecified atom stereocenters. The number of aromatic nitrogens is 2. The van der Waals surface area contributed by atoms with Crippen LogP contribution >= 0.6 is 0 Å². The molecule has 2 heterocycles. The van der Waals surface area contributed by atoms with Crippen molar-refractivity contribution in [3.63, 3.8) is 0 Å². The molecular weight excluding hydrogens is 332 g/mol. The first kappa shape index (κ1) is 18.4. The number of fused-ring (bicyclic) bond motifs is 1. The summed E-state index contributed by atoms with van der Waals surface area (Å²) in [6.45, 7) is 6.98. The van der Waals surface area contributed by atoms with Gasteiger partial charge in [0.05, 0.1) is 23.2 Å². The first-order valence-electron chi connectivity index (χ1n) is 9.38. The smallest absolute Gasteiger partial charge is 0.259 e. The Kier molecular flexibility index (Phi) is 5.54. The van der Waals surface area contributed by atoms with Gasteiger partial charge >= 0.3 is 0 Å². The van der Waals surface area contributed by atoms with Gasteiger partial charge in [-0.25, -0.2) is 4.98 Å². The van der Waals surface area contributed by atoms with Gasteiger partial charge in [-0.05, 0) is 38.7 Å².